The minimum Gasteiger partial charge on any atom is -0.484 e. The third-order valence-corrected chi connectivity index (χ3v) is 2.90. The van der Waals surface area contributed by atoms with Crippen molar-refractivity contribution in [3.8, 4) is 5.75 Å². The van der Waals surface area contributed by atoms with Crippen molar-refractivity contribution in [2.45, 2.75) is 19.6 Å². The molecule has 0 bridgehead atoms. The lowest BCUT2D eigenvalue weighted by molar-refractivity contribution is -0.153. The molecule has 0 atom stereocenters. The molecule has 0 spiro atoms. The van der Waals surface area contributed by atoms with Crippen LogP contribution >= 0.6 is 0 Å². The van der Waals surface area contributed by atoms with Crippen LogP contribution in [0.1, 0.15) is 21.7 Å². The largest absolute Gasteiger partial charge is 0.484 e. The van der Waals surface area contributed by atoms with Gasteiger partial charge < -0.3 is 10.1 Å². The molecule has 2 aromatic rings. The highest BCUT2D eigenvalue weighted by atomic mass is 19.4. The van der Waals surface area contributed by atoms with Crippen LogP contribution in [-0.2, 0) is 6.54 Å². The first kappa shape index (κ1) is 16.8. The molecule has 0 saturated heterocycles. The number of rotatable bonds is 5. The number of aryl methyl sites for hydroxylation is 1. The van der Waals surface area contributed by atoms with Crippen LogP contribution in [0, 0.1) is 6.92 Å². The van der Waals surface area contributed by atoms with Gasteiger partial charge in [-0.25, -0.2) is 4.98 Å². The minimum absolute atomic E-state index is 0.123. The Balaban J connectivity index is 1.87. The molecule has 0 saturated carbocycles. The lowest BCUT2D eigenvalue weighted by Crippen LogP contribution is -2.24. The SMILES string of the molecule is Cc1cccc(C(=O)NCc2ccc(OCC(F)(F)F)cc2)n1. The van der Waals surface area contributed by atoms with Crippen LogP contribution in [0.4, 0.5) is 13.2 Å². The average molecular weight is 324 g/mol. The van der Waals surface area contributed by atoms with Gasteiger partial charge in [0.05, 0.1) is 0 Å². The van der Waals surface area contributed by atoms with E-state index in [4.69, 9.17) is 0 Å². The minimum atomic E-state index is -4.37. The smallest absolute Gasteiger partial charge is 0.422 e. The number of carbonyl (C=O) groups excluding carboxylic acids is 1. The van der Waals surface area contributed by atoms with E-state index in [1.807, 2.05) is 0 Å². The second kappa shape index (κ2) is 7.13. The number of amides is 1. The molecule has 0 aliphatic rings. The van der Waals surface area contributed by atoms with E-state index in [0.29, 0.717) is 5.69 Å². The van der Waals surface area contributed by atoms with Crippen LogP contribution in [0.2, 0.25) is 0 Å². The van der Waals surface area contributed by atoms with Crippen molar-refractivity contribution >= 4 is 5.91 Å². The number of halogens is 3. The number of hydrogen-bond acceptors (Lipinski definition) is 3. The third-order valence-electron chi connectivity index (χ3n) is 2.90. The summed E-state index contributed by atoms with van der Waals surface area (Å²) < 4.78 is 40.7. The number of alkyl halides is 3. The molecule has 2 rings (SSSR count). The summed E-state index contributed by atoms with van der Waals surface area (Å²) in [5.41, 5.74) is 1.80. The lowest BCUT2D eigenvalue weighted by Gasteiger charge is -2.10. The Kier molecular flexibility index (Phi) is 5.20. The number of benzene rings is 1. The number of pyridine rings is 1. The Hall–Kier alpha value is -2.57. The summed E-state index contributed by atoms with van der Waals surface area (Å²) in [6.07, 6.45) is -4.37. The Morgan fingerprint density at radius 1 is 1.17 bits per heavy atom. The molecule has 0 aliphatic heterocycles. The summed E-state index contributed by atoms with van der Waals surface area (Å²) in [6.45, 7) is 0.701. The highest BCUT2D eigenvalue weighted by molar-refractivity contribution is 5.92. The van der Waals surface area contributed by atoms with Crippen molar-refractivity contribution < 1.29 is 22.7 Å². The Morgan fingerprint density at radius 3 is 2.48 bits per heavy atom. The first-order valence-corrected chi connectivity index (χ1v) is 6.84. The third kappa shape index (κ3) is 5.61. The van der Waals surface area contributed by atoms with E-state index >= 15 is 0 Å². The highest BCUT2D eigenvalue weighted by Gasteiger charge is 2.28. The summed E-state index contributed by atoms with van der Waals surface area (Å²) in [5.74, 6) is -0.191. The van der Waals surface area contributed by atoms with Gasteiger partial charge in [-0.2, -0.15) is 13.2 Å². The fraction of sp³-hybridized carbons (Fsp3) is 0.250. The van der Waals surface area contributed by atoms with E-state index in [-0.39, 0.29) is 18.2 Å². The quantitative estimate of drug-likeness (QED) is 0.918. The highest BCUT2D eigenvalue weighted by Crippen LogP contribution is 2.18. The summed E-state index contributed by atoms with van der Waals surface area (Å²) >= 11 is 0. The van der Waals surface area contributed by atoms with Gasteiger partial charge in [0, 0.05) is 12.2 Å². The summed E-state index contributed by atoms with van der Waals surface area (Å²) in [6, 6.07) is 11.2. The molecule has 7 heteroatoms. The second-order valence-electron chi connectivity index (χ2n) is 4.89. The fourth-order valence-corrected chi connectivity index (χ4v) is 1.81. The van der Waals surface area contributed by atoms with Gasteiger partial charge in [-0.3, -0.25) is 4.79 Å². The van der Waals surface area contributed by atoms with E-state index in [1.165, 1.54) is 12.1 Å². The van der Waals surface area contributed by atoms with Crippen molar-refractivity contribution in [1.82, 2.24) is 10.3 Å². The van der Waals surface area contributed by atoms with E-state index < -0.39 is 12.8 Å². The Morgan fingerprint density at radius 2 is 1.87 bits per heavy atom. The second-order valence-corrected chi connectivity index (χ2v) is 4.89. The molecule has 0 radical (unpaired) electrons. The van der Waals surface area contributed by atoms with E-state index in [0.717, 1.165) is 11.3 Å². The molecule has 0 unspecified atom stereocenters. The van der Waals surface area contributed by atoms with Crippen LogP contribution in [0.3, 0.4) is 0 Å². The molecule has 1 N–H and O–H groups in total. The van der Waals surface area contributed by atoms with Crippen molar-refractivity contribution in [3.05, 3.63) is 59.4 Å². The summed E-state index contributed by atoms with van der Waals surface area (Å²) in [7, 11) is 0. The van der Waals surface area contributed by atoms with Crippen LogP contribution in [-0.4, -0.2) is 23.7 Å². The van der Waals surface area contributed by atoms with Gasteiger partial charge in [0.1, 0.15) is 11.4 Å². The predicted molar refractivity (Wildman–Crippen MR) is 78.1 cm³/mol. The maximum absolute atomic E-state index is 12.0. The van der Waals surface area contributed by atoms with Gasteiger partial charge in [-0.1, -0.05) is 18.2 Å². The van der Waals surface area contributed by atoms with Gasteiger partial charge in [0.25, 0.3) is 5.91 Å². The number of nitrogens with one attached hydrogen (secondary N) is 1. The fourth-order valence-electron chi connectivity index (χ4n) is 1.81. The number of carbonyl (C=O) groups is 1. The van der Waals surface area contributed by atoms with Crippen molar-refractivity contribution in [2.75, 3.05) is 6.61 Å². The predicted octanol–water partition coefficient (Wildman–Crippen LogP) is 3.26. The van der Waals surface area contributed by atoms with Gasteiger partial charge >= 0.3 is 6.18 Å². The van der Waals surface area contributed by atoms with Crippen molar-refractivity contribution in [1.29, 1.82) is 0 Å². The van der Waals surface area contributed by atoms with Gasteiger partial charge in [0.2, 0.25) is 0 Å². The van der Waals surface area contributed by atoms with E-state index in [2.05, 4.69) is 15.0 Å². The number of hydrogen-bond donors (Lipinski definition) is 1. The number of aromatic nitrogens is 1. The maximum Gasteiger partial charge on any atom is 0.422 e. The monoisotopic (exact) mass is 324 g/mol. The number of ether oxygens (including phenoxy) is 1. The van der Waals surface area contributed by atoms with Crippen molar-refractivity contribution in [3.63, 3.8) is 0 Å². The van der Waals surface area contributed by atoms with Crippen molar-refractivity contribution in [2.24, 2.45) is 0 Å². The molecule has 4 nitrogen and oxygen atoms in total. The van der Waals surface area contributed by atoms with Crippen LogP contribution in [0.25, 0.3) is 0 Å². The topological polar surface area (TPSA) is 51.2 Å². The van der Waals surface area contributed by atoms with E-state index in [1.54, 1.807) is 37.3 Å². The zero-order valence-electron chi connectivity index (χ0n) is 12.4. The average Bonchev–Trinajstić information content (AvgIpc) is 2.51. The van der Waals surface area contributed by atoms with Gasteiger partial charge in [-0.15, -0.1) is 0 Å². The maximum atomic E-state index is 12.0. The first-order chi connectivity index (χ1) is 10.8. The first-order valence-electron chi connectivity index (χ1n) is 6.84. The molecule has 23 heavy (non-hydrogen) atoms. The molecular weight excluding hydrogens is 309 g/mol. The van der Waals surface area contributed by atoms with Crippen LogP contribution in [0.5, 0.6) is 5.75 Å². The molecule has 1 aromatic heterocycles. The summed E-state index contributed by atoms with van der Waals surface area (Å²) in [4.78, 5) is 16.0. The Bertz CT molecular complexity index is 670. The zero-order chi connectivity index (χ0) is 16.9. The van der Waals surface area contributed by atoms with Gasteiger partial charge in [-0.05, 0) is 36.8 Å². The molecule has 0 aliphatic carbocycles. The molecule has 122 valence electrons. The summed E-state index contributed by atoms with van der Waals surface area (Å²) in [5, 5.41) is 2.70. The molecule has 1 heterocycles. The standard InChI is InChI=1S/C16H15F3N2O2/c1-11-3-2-4-14(21-11)15(22)20-9-12-5-7-13(8-6-12)23-10-16(17,18)19/h2-8H,9-10H2,1H3,(H,20,22). The van der Waals surface area contributed by atoms with E-state index in [9.17, 15) is 18.0 Å². The molecule has 1 amide bonds. The molecule has 0 fully saturated rings. The number of nitrogens with zero attached hydrogens (tertiary/aromatic N) is 1. The van der Waals surface area contributed by atoms with Crippen LogP contribution in [0.15, 0.2) is 42.5 Å². The lowest BCUT2D eigenvalue weighted by atomic mass is 10.2. The normalized spacial score (nSPS) is 11.1. The Labute approximate surface area is 131 Å². The van der Waals surface area contributed by atoms with Crippen LogP contribution < -0.4 is 10.1 Å². The zero-order valence-corrected chi connectivity index (χ0v) is 12.4. The van der Waals surface area contributed by atoms with Gasteiger partial charge in [0.15, 0.2) is 6.61 Å². The molecule has 1 aromatic carbocycles. The molecular formula is C16H15F3N2O2.